The second-order valence-electron chi connectivity index (χ2n) is 5.92. The molecule has 3 N–H and O–H groups in total. The van der Waals surface area contributed by atoms with Crippen LogP contribution in [0.3, 0.4) is 0 Å². The fraction of sp³-hybridized carbons (Fsp3) is 0.438. The molecule has 0 aromatic heterocycles. The zero-order chi connectivity index (χ0) is 16.3. The highest BCUT2D eigenvalue weighted by atomic mass is 16.2. The van der Waals surface area contributed by atoms with E-state index >= 15 is 0 Å². The predicted molar refractivity (Wildman–Crippen MR) is 84.3 cm³/mol. The molecular formula is C16H21N3O3. The predicted octanol–water partition coefficient (Wildman–Crippen LogP) is 1.89. The minimum Gasteiger partial charge on any atom is -0.353 e. The van der Waals surface area contributed by atoms with E-state index in [0.29, 0.717) is 24.2 Å². The van der Waals surface area contributed by atoms with Crippen molar-refractivity contribution in [2.45, 2.75) is 39.7 Å². The van der Waals surface area contributed by atoms with Crippen LogP contribution in [0.4, 0.5) is 11.4 Å². The molecule has 2 rings (SSSR count). The van der Waals surface area contributed by atoms with Crippen molar-refractivity contribution >= 4 is 29.1 Å². The van der Waals surface area contributed by atoms with E-state index in [1.54, 1.807) is 24.3 Å². The van der Waals surface area contributed by atoms with Crippen LogP contribution in [0.2, 0.25) is 0 Å². The van der Waals surface area contributed by atoms with Crippen LogP contribution >= 0.6 is 0 Å². The molecule has 1 aliphatic rings. The van der Waals surface area contributed by atoms with Crippen LogP contribution in [-0.2, 0) is 14.4 Å². The molecule has 0 bridgehead atoms. The van der Waals surface area contributed by atoms with Crippen LogP contribution in [0, 0.1) is 5.41 Å². The van der Waals surface area contributed by atoms with Crippen LogP contribution < -0.4 is 16.0 Å². The van der Waals surface area contributed by atoms with Crippen molar-refractivity contribution in [1.82, 2.24) is 5.32 Å². The normalized spacial score (nSPS) is 15.1. The van der Waals surface area contributed by atoms with Crippen LogP contribution in [0.5, 0.6) is 0 Å². The van der Waals surface area contributed by atoms with E-state index in [0.717, 1.165) is 0 Å². The Bertz CT molecular complexity index is 589. The standard InChI is InChI=1S/C16H21N3O3/c1-10(2)17-14(21)16(8-9-16)15(22)19-13-6-4-12(5-7-13)18-11(3)20/h4-7,10H,8-9H2,1-3H3,(H,17,21)(H,18,20)(H,19,22). The summed E-state index contributed by atoms with van der Waals surface area (Å²) in [6, 6.07) is 6.80. The number of nitrogens with one attached hydrogen (secondary N) is 3. The lowest BCUT2D eigenvalue weighted by molar-refractivity contribution is -0.134. The highest BCUT2D eigenvalue weighted by Gasteiger charge is 2.56. The van der Waals surface area contributed by atoms with E-state index in [1.807, 2.05) is 13.8 Å². The number of benzene rings is 1. The maximum atomic E-state index is 12.3. The number of carbonyl (C=O) groups excluding carboxylic acids is 3. The van der Waals surface area contributed by atoms with Crippen molar-refractivity contribution in [3.8, 4) is 0 Å². The van der Waals surface area contributed by atoms with Gasteiger partial charge in [-0.3, -0.25) is 14.4 Å². The monoisotopic (exact) mass is 303 g/mol. The van der Waals surface area contributed by atoms with Crippen molar-refractivity contribution in [3.05, 3.63) is 24.3 Å². The molecule has 1 fully saturated rings. The lowest BCUT2D eigenvalue weighted by Gasteiger charge is -2.17. The maximum absolute atomic E-state index is 12.3. The molecule has 6 nitrogen and oxygen atoms in total. The van der Waals surface area contributed by atoms with Crippen molar-refractivity contribution in [1.29, 1.82) is 0 Å². The van der Waals surface area contributed by atoms with Crippen LogP contribution in [-0.4, -0.2) is 23.8 Å². The van der Waals surface area contributed by atoms with Crippen molar-refractivity contribution in [2.75, 3.05) is 10.6 Å². The summed E-state index contributed by atoms with van der Waals surface area (Å²) in [7, 11) is 0. The fourth-order valence-electron chi connectivity index (χ4n) is 2.17. The van der Waals surface area contributed by atoms with Gasteiger partial charge >= 0.3 is 0 Å². The number of amides is 3. The van der Waals surface area contributed by atoms with E-state index < -0.39 is 5.41 Å². The second-order valence-corrected chi connectivity index (χ2v) is 5.92. The Morgan fingerprint density at radius 1 is 0.955 bits per heavy atom. The van der Waals surface area contributed by atoms with Crippen LogP contribution in [0.1, 0.15) is 33.6 Å². The molecule has 0 spiro atoms. The molecule has 0 radical (unpaired) electrons. The van der Waals surface area contributed by atoms with Gasteiger partial charge in [-0.15, -0.1) is 0 Å². The Morgan fingerprint density at radius 2 is 1.45 bits per heavy atom. The smallest absolute Gasteiger partial charge is 0.240 e. The highest BCUT2D eigenvalue weighted by molar-refractivity contribution is 6.13. The van der Waals surface area contributed by atoms with Crippen molar-refractivity contribution in [3.63, 3.8) is 0 Å². The van der Waals surface area contributed by atoms with Gasteiger partial charge in [0, 0.05) is 24.3 Å². The van der Waals surface area contributed by atoms with Crippen LogP contribution in [0.25, 0.3) is 0 Å². The summed E-state index contributed by atoms with van der Waals surface area (Å²) < 4.78 is 0. The average molecular weight is 303 g/mol. The molecule has 0 aliphatic heterocycles. The Kier molecular flexibility index (Phi) is 4.49. The third kappa shape index (κ3) is 3.63. The lowest BCUT2D eigenvalue weighted by atomic mass is 10.0. The summed E-state index contributed by atoms with van der Waals surface area (Å²) in [5, 5.41) is 8.21. The first-order chi connectivity index (χ1) is 10.3. The molecule has 0 atom stereocenters. The molecule has 1 saturated carbocycles. The molecule has 6 heteroatoms. The van der Waals surface area contributed by atoms with Gasteiger partial charge in [-0.2, -0.15) is 0 Å². The number of rotatable bonds is 5. The van der Waals surface area contributed by atoms with Gasteiger partial charge in [0.05, 0.1) is 0 Å². The molecule has 0 heterocycles. The molecule has 1 aromatic rings. The van der Waals surface area contributed by atoms with Gasteiger partial charge < -0.3 is 16.0 Å². The van der Waals surface area contributed by atoms with Gasteiger partial charge in [-0.1, -0.05) is 0 Å². The number of carbonyl (C=O) groups is 3. The lowest BCUT2D eigenvalue weighted by Crippen LogP contribution is -2.42. The van der Waals surface area contributed by atoms with Gasteiger partial charge in [0.1, 0.15) is 5.41 Å². The largest absolute Gasteiger partial charge is 0.353 e. The van der Waals surface area contributed by atoms with Gasteiger partial charge in [-0.05, 0) is 51.0 Å². The van der Waals surface area contributed by atoms with E-state index in [4.69, 9.17) is 0 Å². The molecule has 1 aliphatic carbocycles. The molecule has 0 unspecified atom stereocenters. The maximum Gasteiger partial charge on any atom is 0.240 e. The molecule has 3 amide bonds. The molecule has 118 valence electrons. The minimum absolute atomic E-state index is 0.00899. The topological polar surface area (TPSA) is 87.3 Å². The average Bonchev–Trinajstić information content (AvgIpc) is 3.21. The van der Waals surface area contributed by atoms with E-state index in [2.05, 4.69) is 16.0 Å². The molecule has 22 heavy (non-hydrogen) atoms. The summed E-state index contributed by atoms with van der Waals surface area (Å²) in [4.78, 5) is 35.4. The van der Waals surface area contributed by atoms with E-state index in [1.165, 1.54) is 6.92 Å². The second kappa shape index (κ2) is 6.17. The Morgan fingerprint density at radius 3 is 1.86 bits per heavy atom. The van der Waals surface area contributed by atoms with Gasteiger partial charge in [0.25, 0.3) is 0 Å². The van der Waals surface area contributed by atoms with Gasteiger partial charge in [0.15, 0.2) is 0 Å². The summed E-state index contributed by atoms with van der Waals surface area (Å²) >= 11 is 0. The Balaban J connectivity index is 2.00. The SMILES string of the molecule is CC(=O)Nc1ccc(NC(=O)C2(C(=O)NC(C)C)CC2)cc1. The zero-order valence-corrected chi connectivity index (χ0v) is 13.0. The first-order valence-corrected chi connectivity index (χ1v) is 7.33. The van der Waals surface area contributed by atoms with E-state index in [9.17, 15) is 14.4 Å². The first kappa shape index (κ1) is 16.0. The summed E-state index contributed by atoms with van der Waals surface area (Å²) in [6.07, 6.45) is 1.14. The van der Waals surface area contributed by atoms with Gasteiger partial charge in [-0.25, -0.2) is 0 Å². The number of hydrogen-bond donors (Lipinski definition) is 3. The minimum atomic E-state index is -0.930. The quantitative estimate of drug-likeness (QED) is 0.726. The highest BCUT2D eigenvalue weighted by Crippen LogP contribution is 2.46. The van der Waals surface area contributed by atoms with Gasteiger partial charge in [0.2, 0.25) is 17.7 Å². The molecule has 0 saturated heterocycles. The van der Waals surface area contributed by atoms with Crippen molar-refractivity contribution in [2.24, 2.45) is 5.41 Å². The third-order valence-electron chi connectivity index (χ3n) is 3.50. The van der Waals surface area contributed by atoms with Crippen molar-refractivity contribution < 1.29 is 14.4 Å². The fourth-order valence-corrected chi connectivity index (χ4v) is 2.17. The molecule has 1 aromatic carbocycles. The molecular weight excluding hydrogens is 282 g/mol. The number of hydrogen-bond acceptors (Lipinski definition) is 3. The summed E-state index contributed by atoms with van der Waals surface area (Å²) in [6.45, 7) is 5.17. The number of anilines is 2. The summed E-state index contributed by atoms with van der Waals surface area (Å²) in [5.41, 5.74) is 0.326. The first-order valence-electron chi connectivity index (χ1n) is 7.33. The van der Waals surface area contributed by atoms with Crippen LogP contribution in [0.15, 0.2) is 24.3 Å². The van der Waals surface area contributed by atoms with E-state index in [-0.39, 0.29) is 23.8 Å². The third-order valence-corrected chi connectivity index (χ3v) is 3.50. The summed E-state index contributed by atoms with van der Waals surface area (Å²) in [5.74, 6) is -0.646. The Hall–Kier alpha value is -2.37. The zero-order valence-electron chi connectivity index (χ0n) is 13.0. The Labute approximate surface area is 129 Å².